The van der Waals surface area contributed by atoms with Crippen LogP contribution < -0.4 is 5.32 Å². The molecule has 0 aromatic heterocycles. The van der Waals surface area contributed by atoms with Crippen LogP contribution in [-0.2, 0) is 0 Å². The second-order valence-corrected chi connectivity index (χ2v) is 6.66. The molecule has 98 valence electrons. The second-order valence-electron chi connectivity index (χ2n) is 6.66. The first kappa shape index (κ1) is 12.0. The van der Waals surface area contributed by atoms with Crippen molar-refractivity contribution in [2.45, 2.75) is 39.0 Å². The molecule has 0 radical (unpaired) electrons. The average Bonchev–Trinajstić information content (AvgIpc) is 3.02. The van der Waals surface area contributed by atoms with Gasteiger partial charge < -0.3 is 10.2 Å². The Morgan fingerprint density at radius 1 is 1.18 bits per heavy atom. The van der Waals surface area contributed by atoms with E-state index in [4.69, 9.17) is 0 Å². The third-order valence-corrected chi connectivity index (χ3v) is 5.43. The van der Waals surface area contributed by atoms with Crippen LogP contribution in [0.1, 0.15) is 39.0 Å². The number of likely N-dealkylation sites (tertiary alicyclic amines) is 1. The Labute approximate surface area is 106 Å². The Morgan fingerprint density at radius 3 is 2.82 bits per heavy atom. The summed E-state index contributed by atoms with van der Waals surface area (Å²) < 4.78 is 0. The first-order valence-electron chi connectivity index (χ1n) is 7.78. The maximum absolute atomic E-state index is 3.50. The van der Waals surface area contributed by atoms with Crippen LogP contribution >= 0.6 is 0 Å². The molecule has 1 heterocycles. The number of nitrogens with zero attached hydrogens (tertiary/aromatic N) is 1. The quantitative estimate of drug-likeness (QED) is 0.788. The summed E-state index contributed by atoms with van der Waals surface area (Å²) in [5.74, 6) is 4.21. The molecule has 2 aliphatic carbocycles. The van der Waals surface area contributed by atoms with Gasteiger partial charge in [0.2, 0.25) is 0 Å². The van der Waals surface area contributed by atoms with Gasteiger partial charge in [0.15, 0.2) is 0 Å². The molecule has 2 bridgehead atoms. The van der Waals surface area contributed by atoms with E-state index >= 15 is 0 Å². The molecule has 3 fully saturated rings. The van der Waals surface area contributed by atoms with Crippen molar-refractivity contribution in [3.05, 3.63) is 0 Å². The topological polar surface area (TPSA) is 15.3 Å². The van der Waals surface area contributed by atoms with E-state index in [1.54, 1.807) is 25.7 Å². The first-order chi connectivity index (χ1) is 8.35. The normalized spacial score (nSPS) is 41.5. The number of rotatable bonds is 5. The highest BCUT2D eigenvalue weighted by molar-refractivity contribution is 4.92. The average molecular weight is 236 g/mol. The van der Waals surface area contributed by atoms with Crippen LogP contribution in [0.3, 0.4) is 0 Å². The maximum Gasteiger partial charge on any atom is 0.00224 e. The molecule has 4 unspecified atom stereocenters. The van der Waals surface area contributed by atoms with Gasteiger partial charge in [0, 0.05) is 13.1 Å². The van der Waals surface area contributed by atoms with Crippen LogP contribution in [-0.4, -0.2) is 37.6 Å². The summed E-state index contributed by atoms with van der Waals surface area (Å²) in [4.78, 5) is 2.76. The minimum atomic E-state index is 0.925. The summed E-state index contributed by atoms with van der Waals surface area (Å²) >= 11 is 0. The summed E-state index contributed by atoms with van der Waals surface area (Å²) in [5, 5.41) is 3.50. The lowest BCUT2D eigenvalue weighted by atomic mass is 9.88. The number of nitrogens with one attached hydrogen (secondary N) is 1. The number of hydrogen-bond donors (Lipinski definition) is 1. The molecule has 3 rings (SSSR count). The van der Waals surface area contributed by atoms with E-state index in [2.05, 4.69) is 17.1 Å². The minimum absolute atomic E-state index is 0.925. The van der Waals surface area contributed by atoms with Gasteiger partial charge >= 0.3 is 0 Å². The van der Waals surface area contributed by atoms with Gasteiger partial charge in [0.25, 0.3) is 0 Å². The van der Waals surface area contributed by atoms with Crippen LogP contribution in [0.25, 0.3) is 0 Å². The molecule has 0 aromatic rings. The molecule has 2 heteroatoms. The zero-order chi connectivity index (χ0) is 11.7. The van der Waals surface area contributed by atoms with E-state index in [0.717, 1.165) is 30.2 Å². The Balaban J connectivity index is 1.41. The summed E-state index contributed by atoms with van der Waals surface area (Å²) in [6.45, 7) is 8.73. The smallest absolute Gasteiger partial charge is 0.00224 e. The van der Waals surface area contributed by atoms with Gasteiger partial charge in [-0.05, 0) is 69.0 Å². The van der Waals surface area contributed by atoms with E-state index in [-0.39, 0.29) is 0 Å². The molecule has 0 spiro atoms. The van der Waals surface area contributed by atoms with Gasteiger partial charge in [0.1, 0.15) is 0 Å². The second kappa shape index (κ2) is 5.27. The minimum Gasteiger partial charge on any atom is -0.317 e. The highest BCUT2D eigenvalue weighted by Crippen LogP contribution is 2.48. The number of hydrogen-bond acceptors (Lipinski definition) is 2. The van der Waals surface area contributed by atoms with Crippen molar-refractivity contribution in [1.82, 2.24) is 10.2 Å². The first-order valence-corrected chi connectivity index (χ1v) is 7.78. The fourth-order valence-corrected chi connectivity index (χ4v) is 4.53. The third kappa shape index (κ3) is 2.68. The lowest BCUT2D eigenvalue weighted by Gasteiger charge is -2.27. The molecule has 1 aliphatic heterocycles. The predicted molar refractivity (Wildman–Crippen MR) is 72.0 cm³/mol. The van der Waals surface area contributed by atoms with Crippen molar-refractivity contribution < 1.29 is 0 Å². The molecule has 0 amide bonds. The molecule has 4 atom stereocenters. The van der Waals surface area contributed by atoms with E-state index in [9.17, 15) is 0 Å². The van der Waals surface area contributed by atoms with Crippen LogP contribution in [0.4, 0.5) is 0 Å². The lowest BCUT2D eigenvalue weighted by Crippen LogP contribution is -2.31. The highest BCUT2D eigenvalue weighted by Gasteiger charge is 2.40. The molecule has 2 nitrogen and oxygen atoms in total. The Hall–Kier alpha value is -0.0800. The van der Waals surface area contributed by atoms with E-state index in [1.165, 1.54) is 32.6 Å². The summed E-state index contributed by atoms with van der Waals surface area (Å²) in [6, 6.07) is 0. The molecule has 17 heavy (non-hydrogen) atoms. The molecule has 1 saturated heterocycles. The van der Waals surface area contributed by atoms with Gasteiger partial charge in [-0.15, -0.1) is 0 Å². The summed E-state index contributed by atoms with van der Waals surface area (Å²) in [6.07, 6.45) is 7.64. The van der Waals surface area contributed by atoms with Gasteiger partial charge in [-0.1, -0.05) is 13.3 Å². The van der Waals surface area contributed by atoms with Crippen molar-refractivity contribution in [2.75, 3.05) is 32.7 Å². The predicted octanol–water partition coefficient (Wildman–Crippen LogP) is 2.35. The van der Waals surface area contributed by atoms with E-state index in [1.807, 2.05) is 0 Å². The van der Waals surface area contributed by atoms with E-state index < -0.39 is 0 Å². The fraction of sp³-hybridized carbons (Fsp3) is 1.00. The summed E-state index contributed by atoms with van der Waals surface area (Å²) in [5.41, 5.74) is 0. The zero-order valence-corrected chi connectivity index (χ0v) is 11.3. The van der Waals surface area contributed by atoms with Gasteiger partial charge in [-0.2, -0.15) is 0 Å². The Morgan fingerprint density at radius 2 is 2.12 bits per heavy atom. The van der Waals surface area contributed by atoms with Crippen LogP contribution in [0.2, 0.25) is 0 Å². The molecular formula is C15H28N2. The molecule has 1 N–H and O–H groups in total. The van der Waals surface area contributed by atoms with Crippen molar-refractivity contribution in [2.24, 2.45) is 23.7 Å². The maximum atomic E-state index is 3.50. The van der Waals surface area contributed by atoms with Crippen LogP contribution in [0, 0.1) is 23.7 Å². The highest BCUT2D eigenvalue weighted by atomic mass is 15.2. The van der Waals surface area contributed by atoms with Gasteiger partial charge in [-0.25, -0.2) is 0 Å². The third-order valence-electron chi connectivity index (χ3n) is 5.43. The lowest BCUT2D eigenvalue weighted by molar-refractivity contribution is 0.214. The Bertz CT molecular complexity index is 253. The van der Waals surface area contributed by atoms with Crippen LogP contribution in [0.5, 0.6) is 0 Å². The molecule has 2 saturated carbocycles. The van der Waals surface area contributed by atoms with Crippen molar-refractivity contribution in [3.63, 3.8) is 0 Å². The van der Waals surface area contributed by atoms with Crippen molar-refractivity contribution >= 4 is 0 Å². The zero-order valence-electron chi connectivity index (χ0n) is 11.3. The van der Waals surface area contributed by atoms with Crippen molar-refractivity contribution in [1.29, 1.82) is 0 Å². The standard InChI is InChI=1S/C15H28N2/c1-2-16-9-13-5-6-17(10-13)11-15-8-12-3-4-14(15)7-12/h12-16H,2-11H2,1H3. The monoisotopic (exact) mass is 236 g/mol. The van der Waals surface area contributed by atoms with E-state index in [0.29, 0.717) is 0 Å². The Kier molecular flexibility index (Phi) is 3.72. The van der Waals surface area contributed by atoms with Gasteiger partial charge in [-0.3, -0.25) is 0 Å². The fourth-order valence-electron chi connectivity index (χ4n) is 4.53. The van der Waals surface area contributed by atoms with Crippen molar-refractivity contribution in [3.8, 4) is 0 Å². The molecular weight excluding hydrogens is 208 g/mol. The molecule has 3 aliphatic rings. The number of fused-ring (bicyclic) bond motifs is 2. The van der Waals surface area contributed by atoms with Crippen LogP contribution in [0.15, 0.2) is 0 Å². The SMILES string of the molecule is CCNCC1CCN(CC2CC3CCC2C3)C1. The largest absolute Gasteiger partial charge is 0.317 e. The molecule has 0 aromatic carbocycles. The van der Waals surface area contributed by atoms with Gasteiger partial charge in [0.05, 0.1) is 0 Å². The summed E-state index contributed by atoms with van der Waals surface area (Å²) in [7, 11) is 0.